The summed E-state index contributed by atoms with van der Waals surface area (Å²) in [5, 5.41) is 7.81. The van der Waals surface area contributed by atoms with Crippen molar-refractivity contribution in [2.45, 2.75) is 6.92 Å². The Bertz CT molecular complexity index is 741. The second-order valence-electron chi connectivity index (χ2n) is 4.26. The highest BCUT2D eigenvalue weighted by Crippen LogP contribution is 2.06. The molecule has 0 saturated heterocycles. The topological polar surface area (TPSA) is 52.7 Å². The summed E-state index contributed by atoms with van der Waals surface area (Å²) in [6.45, 7) is 1.99. The third-order valence-corrected chi connectivity index (χ3v) is 2.86. The molecule has 0 atom stereocenters. The molecule has 0 aliphatic rings. The fourth-order valence-electron chi connectivity index (χ4n) is 1.83. The summed E-state index contributed by atoms with van der Waals surface area (Å²) in [6.07, 6.45) is 0. The fourth-order valence-corrected chi connectivity index (χ4v) is 1.83. The third-order valence-electron chi connectivity index (χ3n) is 2.86. The van der Waals surface area contributed by atoms with Gasteiger partial charge in [0.05, 0.1) is 11.4 Å². The van der Waals surface area contributed by atoms with E-state index >= 15 is 0 Å². The Hall–Kier alpha value is -2.69. The number of para-hydroxylation sites is 1. The van der Waals surface area contributed by atoms with Crippen LogP contribution in [0.3, 0.4) is 0 Å². The van der Waals surface area contributed by atoms with E-state index in [9.17, 15) is 4.79 Å². The summed E-state index contributed by atoms with van der Waals surface area (Å²) in [5.74, 6) is 0. The van der Waals surface area contributed by atoms with Crippen LogP contribution < -0.4 is 5.69 Å². The second-order valence-corrected chi connectivity index (χ2v) is 4.26. The largest absolute Gasteiger partial charge is 0.373 e. The second kappa shape index (κ2) is 4.53. The number of aromatic nitrogens is 4. The molecular weight excluding hydrogens is 240 g/mol. The first-order valence-electron chi connectivity index (χ1n) is 5.93. The van der Waals surface area contributed by atoms with Crippen molar-refractivity contribution in [3.8, 4) is 11.4 Å². The Morgan fingerprint density at radius 2 is 1.32 bits per heavy atom. The lowest BCUT2D eigenvalue weighted by atomic mass is 10.2. The maximum Gasteiger partial charge on any atom is 0.373 e. The van der Waals surface area contributed by atoms with Crippen LogP contribution >= 0.6 is 0 Å². The van der Waals surface area contributed by atoms with E-state index < -0.39 is 0 Å². The van der Waals surface area contributed by atoms with Gasteiger partial charge in [0, 0.05) is 0 Å². The van der Waals surface area contributed by atoms with E-state index in [1.54, 1.807) is 0 Å². The molecule has 2 aromatic carbocycles. The molecule has 0 spiro atoms. The summed E-state index contributed by atoms with van der Waals surface area (Å²) >= 11 is 0. The molecule has 0 saturated carbocycles. The van der Waals surface area contributed by atoms with Crippen molar-refractivity contribution < 1.29 is 0 Å². The van der Waals surface area contributed by atoms with Gasteiger partial charge in [0.25, 0.3) is 0 Å². The molecule has 5 heteroatoms. The zero-order valence-electron chi connectivity index (χ0n) is 10.4. The average molecular weight is 252 g/mol. The summed E-state index contributed by atoms with van der Waals surface area (Å²) in [4.78, 5) is 12.3. The van der Waals surface area contributed by atoms with Crippen LogP contribution in [0.4, 0.5) is 0 Å². The number of tetrazole rings is 1. The van der Waals surface area contributed by atoms with Gasteiger partial charge >= 0.3 is 5.69 Å². The van der Waals surface area contributed by atoms with Gasteiger partial charge in [0.15, 0.2) is 0 Å². The lowest BCUT2D eigenvalue weighted by Gasteiger charge is -1.99. The predicted octanol–water partition coefficient (Wildman–Crippen LogP) is 1.73. The molecule has 3 rings (SSSR count). The summed E-state index contributed by atoms with van der Waals surface area (Å²) in [7, 11) is 0. The molecule has 0 amide bonds. The number of nitrogens with zero attached hydrogens (tertiary/aromatic N) is 4. The fraction of sp³-hybridized carbons (Fsp3) is 0.0714. The Morgan fingerprint density at radius 1 is 0.789 bits per heavy atom. The van der Waals surface area contributed by atoms with Gasteiger partial charge in [-0.2, -0.15) is 9.36 Å². The van der Waals surface area contributed by atoms with Crippen LogP contribution in [-0.4, -0.2) is 19.8 Å². The van der Waals surface area contributed by atoms with Crippen LogP contribution in [0.1, 0.15) is 5.56 Å². The van der Waals surface area contributed by atoms with E-state index in [0.29, 0.717) is 11.4 Å². The van der Waals surface area contributed by atoms with Crippen molar-refractivity contribution >= 4 is 0 Å². The quantitative estimate of drug-likeness (QED) is 0.698. The molecule has 94 valence electrons. The predicted molar refractivity (Wildman–Crippen MR) is 71.7 cm³/mol. The third kappa shape index (κ3) is 2.06. The summed E-state index contributed by atoms with van der Waals surface area (Å²) < 4.78 is 2.56. The first kappa shape index (κ1) is 11.4. The van der Waals surface area contributed by atoms with Crippen LogP contribution in [0.2, 0.25) is 0 Å². The van der Waals surface area contributed by atoms with Crippen molar-refractivity contribution in [2.75, 3.05) is 0 Å². The smallest absolute Gasteiger partial charge is 0.243 e. The van der Waals surface area contributed by atoms with Crippen molar-refractivity contribution in [3.63, 3.8) is 0 Å². The highest BCUT2D eigenvalue weighted by atomic mass is 16.2. The van der Waals surface area contributed by atoms with Gasteiger partial charge in [0.2, 0.25) is 0 Å². The molecule has 1 aromatic heterocycles. The van der Waals surface area contributed by atoms with Crippen LogP contribution in [0.5, 0.6) is 0 Å². The normalized spacial score (nSPS) is 10.6. The molecule has 3 aromatic rings. The van der Waals surface area contributed by atoms with Crippen molar-refractivity contribution in [1.82, 2.24) is 19.8 Å². The number of benzene rings is 2. The molecule has 0 fully saturated rings. The Morgan fingerprint density at radius 3 is 1.89 bits per heavy atom. The van der Waals surface area contributed by atoms with Crippen LogP contribution in [0.25, 0.3) is 11.4 Å². The lowest BCUT2D eigenvalue weighted by Crippen LogP contribution is -2.23. The van der Waals surface area contributed by atoms with E-state index in [0.717, 1.165) is 5.56 Å². The minimum atomic E-state index is -0.282. The molecule has 0 unspecified atom stereocenters. The maximum absolute atomic E-state index is 12.3. The van der Waals surface area contributed by atoms with Gasteiger partial charge in [-0.15, -0.1) is 0 Å². The average Bonchev–Trinajstić information content (AvgIpc) is 2.83. The molecule has 5 nitrogen and oxygen atoms in total. The zero-order valence-corrected chi connectivity index (χ0v) is 10.4. The molecule has 19 heavy (non-hydrogen) atoms. The standard InChI is InChI=1S/C14H12N4O/c1-11-7-9-13(10-8-11)18-14(19)17(15-16-18)12-5-3-2-4-6-12/h2-10H,1H3. The molecule has 0 aliphatic carbocycles. The van der Waals surface area contributed by atoms with Gasteiger partial charge in [-0.25, -0.2) is 4.79 Å². The van der Waals surface area contributed by atoms with Crippen molar-refractivity contribution in [2.24, 2.45) is 0 Å². The van der Waals surface area contributed by atoms with Crippen molar-refractivity contribution in [3.05, 3.63) is 70.6 Å². The van der Waals surface area contributed by atoms with E-state index in [2.05, 4.69) is 10.4 Å². The maximum atomic E-state index is 12.3. The van der Waals surface area contributed by atoms with E-state index in [1.807, 2.05) is 61.5 Å². The molecule has 0 aliphatic heterocycles. The minimum Gasteiger partial charge on any atom is -0.243 e. The van der Waals surface area contributed by atoms with Gasteiger partial charge in [0.1, 0.15) is 0 Å². The van der Waals surface area contributed by atoms with Crippen LogP contribution in [-0.2, 0) is 0 Å². The molecule has 0 bridgehead atoms. The molecular formula is C14H12N4O. The number of rotatable bonds is 2. The van der Waals surface area contributed by atoms with Gasteiger partial charge in [-0.3, -0.25) is 0 Å². The SMILES string of the molecule is Cc1ccc(-n2nnn(-c3ccccc3)c2=O)cc1. The highest BCUT2D eigenvalue weighted by Gasteiger charge is 2.09. The Labute approximate surface area is 109 Å². The van der Waals surface area contributed by atoms with E-state index in [4.69, 9.17) is 0 Å². The lowest BCUT2D eigenvalue weighted by molar-refractivity contribution is 0.756. The highest BCUT2D eigenvalue weighted by molar-refractivity contribution is 5.34. The monoisotopic (exact) mass is 252 g/mol. The Balaban J connectivity index is 2.09. The Kier molecular flexibility index (Phi) is 2.72. The number of hydrogen-bond acceptors (Lipinski definition) is 3. The van der Waals surface area contributed by atoms with Gasteiger partial charge in [-0.1, -0.05) is 35.9 Å². The van der Waals surface area contributed by atoms with Crippen LogP contribution in [0, 0.1) is 6.92 Å². The van der Waals surface area contributed by atoms with Crippen LogP contribution in [0.15, 0.2) is 59.4 Å². The van der Waals surface area contributed by atoms with Gasteiger partial charge in [-0.05, 0) is 41.6 Å². The minimum absolute atomic E-state index is 0.282. The summed E-state index contributed by atoms with van der Waals surface area (Å²) in [5.41, 5.74) is 2.26. The van der Waals surface area contributed by atoms with Crippen molar-refractivity contribution in [1.29, 1.82) is 0 Å². The first-order valence-corrected chi connectivity index (χ1v) is 5.93. The number of aryl methyl sites for hydroxylation is 1. The van der Waals surface area contributed by atoms with E-state index in [1.165, 1.54) is 9.36 Å². The summed E-state index contributed by atoms with van der Waals surface area (Å²) in [6, 6.07) is 16.8. The van der Waals surface area contributed by atoms with E-state index in [-0.39, 0.29) is 5.69 Å². The molecule has 1 heterocycles. The first-order chi connectivity index (χ1) is 9.25. The number of hydrogen-bond donors (Lipinski definition) is 0. The van der Waals surface area contributed by atoms with Gasteiger partial charge < -0.3 is 0 Å². The zero-order chi connectivity index (χ0) is 13.2. The molecule has 0 radical (unpaired) electrons. The molecule has 0 N–H and O–H groups in total.